The summed E-state index contributed by atoms with van der Waals surface area (Å²) in [5, 5.41) is 5.70. The summed E-state index contributed by atoms with van der Waals surface area (Å²) in [6.45, 7) is 4.87. The molecule has 0 saturated carbocycles. The van der Waals surface area contributed by atoms with Crippen molar-refractivity contribution in [1.29, 1.82) is 0 Å². The minimum absolute atomic E-state index is 0.246. The van der Waals surface area contributed by atoms with Crippen molar-refractivity contribution in [2.45, 2.75) is 26.8 Å². The summed E-state index contributed by atoms with van der Waals surface area (Å²) in [5.41, 5.74) is 0.785. The van der Waals surface area contributed by atoms with Crippen molar-refractivity contribution in [3.05, 3.63) is 34.9 Å². The van der Waals surface area contributed by atoms with Gasteiger partial charge in [0.05, 0.1) is 0 Å². The lowest BCUT2D eigenvalue weighted by Crippen LogP contribution is -2.40. The largest absolute Gasteiger partial charge is 0.348 e. The average Bonchev–Trinajstić information content (AvgIpc) is 2.36. The van der Waals surface area contributed by atoms with Gasteiger partial charge in [-0.05, 0) is 24.0 Å². The molecule has 0 fully saturated rings. The molecule has 0 atom stereocenters. The zero-order valence-corrected chi connectivity index (χ0v) is 12.0. The quantitative estimate of drug-likeness (QED) is 0.813. The summed E-state index contributed by atoms with van der Waals surface area (Å²) in [6, 6.07) is 7.19. The average molecular weight is 283 g/mol. The molecule has 2 N–H and O–H groups in total. The maximum absolute atomic E-state index is 11.5. The Balaban J connectivity index is 2.35. The SMILES string of the molecule is CC(C)CCNC(=O)C(=O)NCc1ccccc1Cl. The number of benzene rings is 1. The van der Waals surface area contributed by atoms with Crippen molar-refractivity contribution in [1.82, 2.24) is 10.6 Å². The van der Waals surface area contributed by atoms with Crippen LogP contribution in [-0.2, 0) is 16.1 Å². The zero-order chi connectivity index (χ0) is 14.3. The molecule has 0 aliphatic carbocycles. The Morgan fingerprint density at radius 2 is 1.79 bits per heavy atom. The van der Waals surface area contributed by atoms with Crippen molar-refractivity contribution in [2.24, 2.45) is 5.92 Å². The fourth-order valence-corrected chi connectivity index (χ4v) is 1.65. The summed E-state index contributed by atoms with van der Waals surface area (Å²) < 4.78 is 0. The summed E-state index contributed by atoms with van der Waals surface area (Å²) in [5.74, 6) is -0.747. The van der Waals surface area contributed by atoms with Crippen LogP contribution in [-0.4, -0.2) is 18.4 Å². The molecule has 0 saturated heterocycles. The van der Waals surface area contributed by atoms with Gasteiger partial charge in [0.15, 0.2) is 0 Å². The number of rotatable bonds is 5. The number of carbonyl (C=O) groups is 2. The second kappa shape index (κ2) is 7.79. The highest BCUT2D eigenvalue weighted by Gasteiger charge is 2.12. The first-order valence-corrected chi connectivity index (χ1v) is 6.68. The van der Waals surface area contributed by atoms with Crippen LogP contribution >= 0.6 is 11.6 Å². The molecule has 0 bridgehead atoms. The van der Waals surface area contributed by atoms with Crippen LogP contribution in [0.4, 0.5) is 0 Å². The number of nitrogens with one attached hydrogen (secondary N) is 2. The molecule has 0 aromatic heterocycles. The van der Waals surface area contributed by atoms with Crippen LogP contribution in [0.25, 0.3) is 0 Å². The van der Waals surface area contributed by atoms with E-state index in [1.807, 2.05) is 12.1 Å². The molecule has 0 spiro atoms. The molecule has 4 nitrogen and oxygen atoms in total. The molecule has 1 aromatic rings. The van der Waals surface area contributed by atoms with Crippen LogP contribution in [0.5, 0.6) is 0 Å². The highest BCUT2D eigenvalue weighted by atomic mass is 35.5. The molecule has 5 heteroatoms. The van der Waals surface area contributed by atoms with E-state index in [2.05, 4.69) is 24.5 Å². The fourth-order valence-electron chi connectivity index (χ4n) is 1.45. The molecule has 1 aromatic carbocycles. The van der Waals surface area contributed by atoms with Gasteiger partial charge in [0.1, 0.15) is 0 Å². The number of halogens is 1. The maximum Gasteiger partial charge on any atom is 0.309 e. The van der Waals surface area contributed by atoms with Gasteiger partial charge in [-0.2, -0.15) is 0 Å². The van der Waals surface area contributed by atoms with E-state index in [9.17, 15) is 9.59 Å². The topological polar surface area (TPSA) is 58.2 Å². The predicted molar refractivity (Wildman–Crippen MR) is 75.8 cm³/mol. The van der Waals surface area contributed by atoms with Crippen molar-refractivity contribution in [3.63, 3.8) is 0 Å². The Kier molecular flexibility index (Phi) is 6.36. The highest BCUT2D eigenvalue weighted by molar-refractivity contribution is 6.35. The van der Waals surface area contributed by atoms with Crippen LogP contribution in [0.15, 0.2) is 24.3 Å². The van der Waals surface area contributed by atoms with E-state index in [1.54, 1.807) is 12.1 Å². The lowest BCUT2D eigenvalue weighted by molar-refractivity contribution is -0.139. The molecule has 0 heterocycles. The lowest BCUT2D eigenvalue weighted by atomic mass is 10.1. The van der Waals surface area contributed by atoms with Gasteiger partial charge in [-0.25, -0.2) is 0 Å². The smallest absolute Gasteiger partial charge is 0.309 e. The van der Waals surface area contributed by atoms with Crippen molar-refractivity contribution >= 4 is 23.4 Å². The first kappa shape index (κ1) is 15.5. The molecule has 104 valence electrons. The third-order valence-electron chi connectivity index (χ3n) is 2.61. The molecular formula is C14H19ClN2O2. The third kappa shape index (κ3) is 5.75. The summed E-state index contributed by atoms with van der Waals surface area (Å²) >= 11 is 5.95. The molecule has 2 amide bonds. The predicted octanol–water partition coefficient (Wildman–Crippen LogP) is 2.12. The van der Waals surface area contributed by atoms with E-state index in [-0.39, 0.29) is 6.54 Å². The normalized spacial score (nSPS) is 10.3. The summed E-state index contributed by atoms with van der Waals surface area (Å²) in [6.07, 6.45) is 0.851. The minimum Gasteiger partial charge on any atom is -0.348 e. The van der Waals surface area contributed by atoms with Crippen LogP contribution in [0, 0.1) is 5.92 Å². The van der Waals surface area contributed by atoms with Crippen molar-refractivity contribution in [3.8, 4) is 0 Å². The van der Waals surface area contributed by atoms with E-state index in [0.717, 1.165) is 12.0 Å². The molecule has 0 radical (unpaired) electrons. The van der Waals surface area contributed by atoms with Crippen LogP contribution in [0.2, 0.25) is 5.02 Å². The second-order valence-corrected chi connectivity index (χ2v) is 5.12. The molecule has 19 heavy (non-hydrogen) atoms. The van der Waals surface area contributed by atoms with Gasteiger partial charge in [-0.3, -0.25) is 9.59 Å². The highest BCUT2D eigenvalue weighted by Crippen LogP contribution is 2.14. The first-order chi connectivity index (χ1) is 9.00. The first-order valence-electron chi connectivity index (χ1n) is 6.30. The lowest BCUT2D eigenvalue weighted by Gasteiger charge is -2.08. The molecule has 0 aliphatic rings. The van der Waals surface area contributed by atoms with Gasteiger partial charge in [-0.1, -0.05) is 43.6 Å². The van der Waals surface area contributed by atoms with Gasteiger partial charge >= 0.3 is 11.8 Å². The Morgan fingerprint density at radius 1 is 1.16 bits per heavy atom. The Hall–Kier alpha value is -1.55. The number of hydrogen-bond donors (Lipinski definition) is 2. The second-order valence-electron chi connectivity index (χ2n) is 4.71. The van der Waals surface area contributed by atoms with E-state index in [4.69, 9.17) is 11.6 Å². The third-order valence-corrected chi connectivity index (χ3v) is 2.98. The van der Waals surface area contributed by atoms with Gasteiger partial charge in [-0.15, -0.1) is 0 Å². The summed E-state index contributed by atoms with van der Waals surface area (Å²) in [7, 11) is 0. The van der Waals surface area contributed by atoms with Crippen LogP contribution in [0.3, 0.4) is 0 Å². The van der Waals surface area contributed by atoms with E-state index in [1.165, 1.54) is 0 Å². The van der Waals surface area contributed by atoms with Crippen LogP contribution < -0.4 is 10.6 Å². The van der Waals surface area contributed by atoms with E-state index in [0.29, 0.717) is 17.5 Å². The maximum atomic E-state index is 11.5. The van der Waals surface area contributed by atoms with E-state index >= 15 is 0 Å². The van der Waals surface area contributed by atoms with Crippen LogP contribution in [0.1, 0.15) is 25.8 Å². The molecule has 0 aliphatic heterocycles. The molecule has 1 rings (SSSR count). The summed E-state index contributed by atoms with van der Waals surface area (Å²) in [4.78, 5) is 23.0. The van der Waals surface area contributed by atoms with E-state index < -0.39 is 11.8 Å². The Labute approximate surface area is 118 Å². The van der Waals surface area contributed by atoms with Gasteiger partial charge in [0, 0.05) is 18.1 Å². The number of hydrogen-bond acceptors (Lipinski definition) is 2. The monoisotopic (exact) mass is 282 g/mol. The zero-order valence-electron chi connectivity index (χ0n) is 11.2. The molecular weight excluding hydrogens is 264 g/mol. The van der Waals surface area contributed by atoms with Crippen molar-refractivity contribution in [2.75, 3.05) is 6.54 Å². The Bertz CT molecular complexity index is 447. The van der Waals surface area contributed by atoms with Gasteiger partial charge < -0.3 is 10.6 Å². The Morgan fingerprint density at radius 3 is 2.42 bits per heavy atom. The minimum atomic E-state index is -0.635. The van der Waals surface area contributed by atoms with Gasteiger partial charge in [0.2, 0.25) is 0 Å². The van der Waals surface area contributed by atoms with Crippen molar-refractivity contribution < 1.29 is 9.59 Å². The standard InChI is InChI=1S/C14H19ClN2O2/c1-10(2)7-8-16-13(18)14(19)17-9-11-5-3-4-6-12(11)15/h3-6,10H,7-9H2,1-2H3,(H,16,18)(H,17,19). The fraction of sp³-hybridized carbons (Fsp3) is 0.429. The number of carbonyl (C=O) groups excluding carboxylic acids is 2. The number of amides is 2. The molecule has 0 unspecified atom stereocenters. The van der Waals surface area contributed by atoms with Gasteiger partial charge in [0.25, 0.3) is 0 Å².